The Morgan fingerprint density at radius 3 is 1.34 bits per heavy atom. The summed E-state index contributed by atoms with van der Waals surface area (Å²) in [5.41, 5.74) is 0. The molecule has 38 heavy (non-hydrogen) atoms. The summed E-state index contributed by atoms with van der Waals surface area (Å²) < 4.78 is 43.5. The lowest BCUT2D eigenvalue weighted by atomic mass is 10.1. The van der Waals surface area contributed by atoms with Crippen LogP contribution in [-0.2, 0) is 47.5 Å². The molecule has 0 aliphatic heterocycles. The Bertz CT molecular complexity index is 525. The molecule has 0 bridgehead atoms. The minimum Gasteiger partial charge on any atom is -0.481 e. The van der Waals surface area contributed by atoms with E-state index in [4.69, 9.17) is 43.0 Å². The maximum Gasteiger partial charge on any atom is 0.303 e. The van der Waals surface area contributed by atoms with Gasteiger partial charge in [0.25, 0.3) is 0 Å². The van der Waals surface area contributed by atoms with Crippen molar-refractivity contribution in [2.75, 3.05) is 112 Å². The minimum atomic E-state index is -0.978. The molecule has 1 unspecified atom stereocenters. The van der Waals surface area contributed by atoms with Crippen LogP contribution in [0.15, 0.2) is 0 Å². The smallest absolute Gasteiger partial charge is 0.303 e. The fourth-order valence-electron chi connectivity index (χ4n) is 2.65. The number of rotatable bonds is 31. The number of carboxylic acid groups (broad SMARTS) is 1. The lowest BCUT2D eigenvalue weighted by molar-refractivity contribution is -0.138. The van der Waals surface area contributed by atoms with Crippen LogP contribution in [0.3, 0.4) is 0 Å². The number of hydrogen-bond donors (Lipinski definition) is 2. The SMILES string of the molecule is CCC(C)COCCOCCOCCOCCOCCOCCOCCOCCCNC(=O)CCC(=O)O. The van der Waals surface area contributed by atoms with Gasteiger partial charge in [0.1, 0.15) is 0 Å². The zero-order chi connectivity index (χ0) is 27.9. The lowest BCUT2D eigenvalue weighted by Crippen LogP contribution is -2.25. The van der Waals surface area contributed by atoms with E-state index in [1.165, 1.54) is 0 Å². The van der Waals surface area contributed by atoms with Crippen LogP contribution in [0, 0.1) is 5.92 Å². The van der Waals surface area contributed by atoms with Crippen molar-refractivity contribution >= 4 is 11.9 Å². The predicted molar refractivity (Wildman–Crippen MR) is 141 cm³/mol. The van der Waals surface area contributed by atoms with Gasteiger partial charge in [-0.1, -0.05) is 20.3 Å². The maximum atomic E-state index is 11.3. The lowest BCUT2D eigenvalue weighted by Gasteiger charge is -2.10. The van der Waals surface area contributed by atoms with Crippen LogP contribution in [-0.4, -0.2) is 129 Å². The number of nitrogens with one attached hydrogen (secondary N) is 1. The maximum absolute atomic E-state index is 11.3. The fourth-order valence-corrected chi connectivity index (χ4v) is 2.65. The molecule has 2 N–H and O–H groups in total. The van der Waals surface area contributed by atoms with Crippen LogP contribution >= 0.6 is 0 Å². The molecule has 1 amide bonds. The number of hydrogen-bond acceptors (Lipinski definition) is 10. The quantitative estimate of drug-likeness (QED) is 0.121. The van der Waals surface area contributed by atoms with Gasteiger partial charge in [0.2, 0.25) is 5.91 Å². The van der Waals surface area contributed by atoms with Crippen molar-refractivity contribution in [3.63, 3.8) is 0 Å². The van der Waals surface area contributed by atoms with Gasteiger partial charge in [0, 0.05) is 26.2 Å². The molecule has 0 saturated carbocycles. The van der Waals surface area contributed by atoms with Crippen molar-refractivity contribution in [1.29, 1.82) is 0 Å². The summed E-state index contributed by atoms with van der Waals surface area (Å²) >= 11 is 0. The van der Waals surface area contributed by atoms with Gasteiger partial charge in [0.15, 0.2) is 0 Å². The normalized spacial score (nSPS) is 12.1. The number of aliphatic carboxylic acids is 1. The summed E-state index contributed by atoms with van der Waals surface area (Å²) in [5, 5.41) is 11.2. The highest BCUT2D eigenvalue weighted by Gasteiger charge is 2.04. The van der Waals surface area contributed by atoms with E-state index >= 15 is 0 Å². The highest BCUT2D eigenvalue weighted by molar-refractivity contribution is 5.80. The second-order valence-corrected chi connectivity index (χ2v) is 8.47. The first-order valence-electron chi connectivity index (χ1n) is 13.7. The molecule has 0 spiro atoms. The topological polar surface area (TPSA) is 140 Å². The average Bonchev–Trinajstić information content (AvgIpc) is 2.91. The first-order chi connectivity index (χ1) is 18.6. The van der Waals surface area contributed by atoms with Gasteiger partial charge in [0.05, 0.1) is 98.9 Å². The number of carbonyl (C=O) groups excluding carboxylic acids is 1. The summed E-state index contributed by atoms with van der Waals surface area (Å²) in [7, 11) is 0. The molecule has 0 rings (SSSR count). The molecule has 0 heterocycles. The molecule has 226 valence electrons. The number of carbonyl (C=O) groups is 2. The van der Waals surface area contributed by atoms with E-state index in [1.54, 1.807) is 0 Å². The van der Waals surface area contributed by atoms with Crippen LogP contribution in [0.4, 0.5) is 0 Å². The van der Waals surface area contributed by atoms with Crippen LogP contribution in [0.5, 0.6) is 0 Å². The van der Waals surface area contributed by atoms with Crippen molar-refractivity contribution in [3.8, 4) is 0 Å². The summed E-state index contributed by atoms with van der Waals surface area (Å²) in [4.78, 5) is 21.7. The monoisotopic (exact) mass is 553 g/mol. The standard InChI is InChI=1S/C26H51NO11/c1-3-24(2)23-38-22-21-37-20-19-36-18-17-35-16-15-34-14-13-33-12-11-32-10-9-31-8-4-7-27-25(28)5-6-26(29)30/h24H,3-23H2,1-2H3,(H,27,28)(H,29,30). The Balaban J connectivity index is 3.09. The molecule has 0 radical (unpaired) electrons. The summed E-state index contributed by atoms with van der Waals surface area (Å²) in [6.07, 6.45) is 1.62. The molecule has 12 heteroatoms. The molecule has 0 aromatic carbocycles. The molecule has 0 aromatic heterocycles. The van der Waals surface area contributed by atoms with E-state index in [1.807, 2.05) is 0 Å². The van der Waals surface area contributed by atoms with Gasteiger partial charge < -0.3 is 48.3 Å². The van der Waals surface area contributed by atoms with E-state index in [0.29, 0.717) is 118 Å². The highest BCUT2D eigenvalue weighted by atomic mass is 16.6. The second-order valence-electron chi connectivity index (χ2n) is 8.47. The molecule has 0 aliphatic carbocycles. The van der Waals surface area contributed by atoms with Crippen LogP contribution in [0.25, 0.3) is 0 Å². The van der Waals surface area contributed by atoms with Gasteiger partial charge in [-0.2, -0.15) is 0 Å². The predicted octanol–water partition coefficient (Wildman–Crippen LogP) is 1.54. The third-order valence-electron chi connectivity index (χ3n) is 5.06. The van der Waals surface area contributed by atoms with Gasteiger partial charge in [-0.05, 0) is 12.3 Å². The largest absolute Gasteiger partial charge is 0.481 e. The minimum absolute atomic E-state index is 0.00412. The molecule has 1 atom stereocenters. The van der Waals surface area contributed by atoms with E-state index < -0.39 is 5.97 Å². The van der Waals surface area contributed by atoms with Crippen LogP contribution < -0.4 is 5.32 Å². The average molecular weight is 554 g/mol. The summed E-state index contributed by atoms with van der Waals surface area (Å²) in [6.45, 7) is 13.3. The number of carboxylic acids is 1. The Kier molecular flexibility index (Phi) is 29.1. The molecule has 0 aliphatic rings. The van der Waals surface area contributed by atoms with Gasteiger partial charge in [-0.3, -0.25) is 9.59 Å². The molecular weight excluding hydrogens is 502 g/mol. The van der Waals surface area contributed by atoms with Crippen molar-refractivity contribution in [3.05, 3.63) is 0 Å². The molecule has 0 saturated heterocycles. The third-order valence-corrected chi connectivity index (χ3v) is 5.06. The van der Waals surface area contributed by atoms with E-state index in [9.17, 15) is 9.59 Å². The first kappa shape index (κ1) is 36.6. The van der Waals surface area contributed by atoms with Gasteiger partial charge in [-0.15, -0.1) is 0 Å². The van der Waals surface area contributed by atoms with Crippen molar-refractivity contribution in [1.82, 2.24) is 5.32 Å². The Morgan fingerprint density at radius 1 is 0.605 bits per heavy atom. The van der Waals surface area contributed by atoms with Crippen molar-refractivity contribution < 1.29 is 52.6 Å². The summed E-state index contributed by atoms with van der Waals surface area (Å²) in [5.74, 6) is -0.648. The van der Waals surface area contributed by atoms with E-state index in [0.717, 1.165) is 13.0 Å². The van der Waals surface area contributed by atoms with Crippen LogP contribution in [0.1, 0.15) is 39.5 Å². The number of amides is 1. The van der Waals surface area contributed by atoms with Crippen molar-refractivity contribution in [2.45, 2.75) is 39.5 Å². The summed E-state index contributed by atoms with van der Waals surface area (Å²) in [6, 6.07) is 0. The second kappa shape index (κ2) is 30.2. The molecule has 0 aromatic rings. The number of ether oxygens (including phenoxy) is 8. The Labute approximate surface area is 227 Å². The zero-order valence-corrected chi connectivity index (χ0v) is 23.5. The molecule has 0 fully saturated rings. The molecular formula is C26H51NO11. The van der Waals surface area contributed by atoms with Gasteiger partial charge in [-0.25, -0.2) is 0 Å². The zero-order valence-electron chi connectivity index (χ0n) is 23.5. The molecule has 12 nitrogen and oxygen atoms in total. The van der Waals surface area contributed by atoms with Crippen molar-refractivity contribution in [2.24, 2.45) is 5.92 Å². The Morgan fingerprint density at radius 2 is 0.974 bits per heavy atom. The highest BCUT2D eigenvalue weighted by Crippen LogP contribution is 2.00. The first-order valence-corrected chi connectivity index (χ1v) is 13.7. The Hall–Kier alpha value is -1.38. The van der Waals surface area contributed by atoms with Gasteiger partial charge >= 0.3 is 5.97 Å². The van der Waals surface area contributed by atoms with Crippen LogP contribution in [0.2, 0.25) is 0 Å². The third kappa shape index (κ3) is 30.8. The van der Waals surface area contributed by atoms with E-state index in [-0.39, 0.29) is 18.7 Å². The van der Waals surface area contributed by atoms with E-state index in [2.05, 4.69) is 19.2 Å². The fraction of sp³-hybridized carbons (Fsp3) is 0.923.